The Morgan fingerprint density at radius 1 is 1.41 bits per heavy atom. The van der Waals surface area contributed by atoms with Gasteiger partial charge in [-0.3, -0.25) is 4.79 Å². The summed E-state index contributed by atoms with van der Waals surface area (Å²) < 4.78 is 40.0. The number of benzene rings is 1. The highest BCUT2D eigenvalue weighted by atomic mass is 35.5. The number of nitrogens with one attached hydrogen (secondary N) is 1. The number of carbonyl (C=O) groups is 1. The first-order valence-corrected chi connectivity index (χ1v) is 6.39. The lowest BCUT2D eigenvalue weighted by Gasteiger charge is -2.12. The summed E-state index contributed by atoms with van der Waals surface area (Å²) in [5.41, 5.74) is 6.95. The first-order valence-electron chi connectivity index (χ1n) is 6.01. The number of aromatic amines is 1. The molecular formula is C13H13Cl2F3N2O2. The maximum atomic E-state index is 12.0. The normalized spacial score (nSPS) is 12.8. The van der Waals surface area contributed by atoms with Gasteiger partial charge < -0.3 is 15.5 Å². The van der Waals surface area contributed by atoms with E-state index < -0.39 is 24.8 Å². The van der Waals surface area contributed by atoms with Crippen molar-refractivity contribution in [1.29, 1.82) is 0 Å². The maximum Gasteiger partial charge on any atom is 0.422 e. The van der Waals surface area contributed by atoms with Gasteiger partial charge in [0.2, 0.25) is 0 Å². The highest BCUT2D eigenvalue weighted by Gasteiger charge is 2.31. The van der Waals surface area contributed by atoms with Crippen LogP contribution < -0.4 is 5.73 Å². The van der Waals surface area contributed by atoms with E-state index in [0.717, 1.165) is 5.39 Å². The van der Waals surface area contributed by atoms with E-state index in [0.29, 0.717) is 16.1 Å². The zero-order chi connectivity index (χ0) is 15.6. The molecule has 0 bridgehead atoms. The minimum absolute atomic E-state index is 0. The Morgan fingerprint density at radius 3 is 2.73 bits per heavy atom. The van der Waals surface area contributed by atoms with Crippen molar-refractivity contribution in [2.75, 3.05) is 6.61 Å². The summed E-state index contributed by atoms with van der Waals surface area (Å²) in [6.07, 6.45) is -2.89. The van der Waals surface area contributed by atoms with E-state index in [-0.39, 0.29) is 18.8 Å². The van der Waals surface area contributed by atoms with Gasteiger partial charge in [0.15, 0.2) is 6.61 Å². The standard InChI is InChI=1S/C13H12ClF3N2O2.ClH/c14-9-3-1-2-8-7(5-19-11(8)9)4-10(18)12(20)21-6-13(15,16)17;/h1-3,5,10,19H,4,6,18H2;1H/t10-;/m0./s1. The molecule has 22 heavy (non-hydrogen) atoms. The lowest BCUT2D eigenvalue weighted by Crippen LogP contribution is -2.36. The number of halogens is 5. The smallest absolute Gasteiger partial charge is 0.422 e. The van der Waals surface area contributed by atoms with Crippen LogP contribution in [0.4, 0.5) is 13.2 Å². The molecule has 0 aliphatic heterocycles. The van der Waals surface area contributed by atoms with Gasteiger partial charge in [0, 0.05) is 18.0 Å². The Bertz CT molecular complexity index is 658. The van der Waals surface area contributed by atoms with Crippen LogP contribution in [0.5, 0.6) is 0 Å². The van der Waals surface area contributed by atoms with Crippen molar-refractivity contribution in [3.63, 3.8) is 0 Å². The molecule has 0 radical (unpaired) electrons. The molecule has 0 fully saturated rings. The minimum Gasteiger partial charge on any atom is -0.455 e. The van der Waals surface area contributed by atoms with Gasteiger partial charge in [-0.05, 0) is 11.6 Å². The molecular weight excluding hydrogens is 344 g/mol. The predicted octanol–water partition coefficient (Wildman–Crippen LogP) is 3.22. The van der Waals surface area contributed by atoms with Crippen molar-refractivity contribution in [1.82, 2.24) is 4.98 Å². The second kappa shape index (κ2) is 7.21. The van der Waals surface area contributed by atoms with Crippen LogP contribution >= 0.6 is 24.0 Å². The van der Waals surface area contributed by atoms with Crippen molar-refractivity contribution in [3.05, 3.63) is 35.0 Å². The number of fused-ring (bicyclic) bond motifs is 1. The van der Waals surface area contributed by atoms with E-state index in [1.54, 1.807) is 24.4 Å². The summed E-state index contributed by atoms with van der Waals surface area (Å²) in [5.74, 6) is -1.09. The largest absolute Gasteiger partial charge is 0.455 e. The third-order valence-corrected chi connectivity index (χ3v) is 3.19. The van der Waals surface area contributed by atoms with E-state index >= 15 is 0 Å². The van der Waals surface area contributed by atoms with Gasteiger partial charge in [-0.2, -0.15) is 13.2 Å². The molecule has 0 amide bonds. The summed E-state index contributed by atoms with van der Waals surface area (Å²) in [4.78, 5) is 14.4. The fraction of sp³-hybridized carbons (Fsp3) is 0.308. The van der Waals surface area contributed by atoms with Gasteiger partial charge in [0.25, 0.3) is 0 Å². The molecule has 0 saturated heterocycles. The molecule has 0 aliphatic rings. The number of carbonyl (C=O) groups excluding carboxylic acids is 1. The van der Waals surface area contributed by atoms with Crippen molar-refractivity contribution in [2.24, 2.45) is 5.73 Å². The maximum absolute atomic E-state index is 12.0. The Balaban J connectivity index is 0.00000242. The van der Waals surface area contributed by atoms with Crippen LogP contribution in [0.2, 0.25) is 5.02 Å². The molecule has 0 spiro atoms. The van der Waals surface area contributed by atoms with Crippen LogP contribution in [0.1, 0.15) is 5.56 Å². The molecule has 4 nitrogen and oxygen atoms in total. The molecule has 9 heteroatoms. The molecule has 122 valence electrons. The number of H-pyrrole nitrogens is 1. The molecule has 1 aromatic heterocycles. The summed E-state index contributed by atoms with van der Waals surface area (Å²) in [7, 11) is 0. The number of esters is 1. The summed E-state index contributed by atoms with van der Waals surface area (Å²) >= 11 is 5.99. The minimum atomic E-state index is -4.57. The van der Waals surface area contributed by atoms with Crippen LogP contribution in [-0.4, -0.2) is 29.8 Å². The fourth-order valence-corrected chi connectivity index (χ4v) is 2.15. The van der Waals surface area contributed by atoms with Crippen molar-refractivity contribution in [2.45, 2.75) is 18.6 Å². The SMILES string of the molecule is Cl.N[C@@H](Cc1c[nH]c2c(Cl)cccc12)C(=O)OCC(F)(F)F. The molecule has 0 saturated carbocycles. The zero-order valence-electron chi connectivity index (χ0n) is 11.1. The van der Waals surface area contributed by atoms with E-state index in [1.165, 1.54) is 0 Å². The molecule has 1 aromatic carbocycles. The number of hydrogen-bond donors (Lipinski definition) is 2. The van der Waals surface area contributed by atoms with E-state index in [1.807, 2.05) is 0 Å². The van der Waals surface area contributed by atoms with Gasteiger partial charge in [0.1, 0.15) is 6.04 Å². The van der Waals surface area contributed by atoms with Gasteiger partial charge in [-0.1, -0.05) is 23.7 Å². The van der Waals surface area contributed by atoms with Crippen molar-refractivity contribution < 1.29 is 22.7 Å². The number of para-hydroxylation sites is 1. The molecule has 2 aromatic rings. The highest BCUT2D eigenvalue weighted by molar-refractivity contribution is 6.35. The number of aromatic nitrogens is 1. The van der Waals surface area contributed by atoms with Crippen molar-refractivity contribution >= 4 is 40.9 Å². The molecule has 2 rings (SSSR count). The lowest BCUT2D eigenvalue weighted by molar-refractivity contribution is -0.187. The predicted molar refractivity (Wildman–Crippen MR) is 79.3 cm³/mol. The van der Waals surface area contributed by atoms with E-state index in [2.05, 4.69) is 9.72 Å². The average Bonchev–Trinajstić information content (AvgIpc) is 2.80. The Kier molecular flexibility index (Phi) is 6.10. The van der Waals surface area contributed by atoms with Crippen molar-refractivity contribution in [3.8, 4) is 0 Å². The first kappa shape index (κ1) is 18.6. The summed E-state index contributed by atoms with van der Waals surface area (Å²) in [6.45, 7) is -1.64. The molecule has 1 atom stereocenters. The third-order valence-electron chi connectivity index (χ3n) is 2.87. The zero-order valence-corrected chi connectivity index (χ0v) is 12.7. The van der Waals surface area contributed by atoms with Gasteiger partial charge in [0.05, 0.1) is 10.5 Å². The van der Waals surface area contributed by atoms with Crippen LogP contribution in [-0.2, 0) is 16.0 Å². The van der Waals surface area contributed by atoms with Gasteiger partial charge in [-0.15, -0.1) is 12.4 Å². The highest BCUT2D eigenvalue weighted by Crippen LogP contribution is 2.26. The number of rotatable bonds is 4. The quantitative estimate of drug-likeness (QED) is 0.826. The first-order chi connectivity index (χ1) is 9.78. The fourth-order valence-electron chi connectivity index (χ4n) is 1.92. The number of ether oxygens (including phenoxy) is 1. The third kappa shape index (κ3) is 4.53. The molecule has 0 unspecified atom stereocenters. The molecule has 1 heterocycles. The lowest BCUT2D eigenvalue weighted by atomic mass is 10.1. The van der Waals surface area contributed by atoms with Gasteiger partial charge >= 0.3 is 12.1 Å². The van der Waals surface area contributed by atoms with Crippen LogP contribution in [0.15, 0.2) is 24.4 Å². The summed E-state index contributed by atoms with van der Waals surface area (Å²) in [6, 6.07) is 4.03. The number of nitrogens with two attached hydrogens (primary N) is 1. The monoisotopic (exact) mass is 356 g/mol. The molecule has 3 N–H and O–H groups in total. The summed E-state index contributed by atoms with van der Waals surface area (Å²) in [5, 5.41) is 1.27. The van der Waals surface area contributed by atoms with Crippen LogP contribution in [0.25, 0.3) is 10.9 Å². The van der Waals surface area contributed by atoms with E-state index in [4.69, 9.17) is 17.3 Å². The number of hydrogen-bond acceptors (Lipinski definition) is 3. The van der Waals surface area contributed by atoms with Gasteiger partial charge in [-0.25, -0.2) is 0 Å². The Labute approximate surface area is 135 Å². The van der Waals surface area contributed by atoms with Crippen LogP contribution in [0, 0.1) is 0 Å². The second-order valence-electron chi connectivity index (χ2n) is 4.51. The topological polar surface area (TPSA) is 68.1 Å². The number of alkyl halides is 3. The average molecular weight is 357 g/mol. The molecule has 0 aliphatic carbocycles. The van der Waals surface area contributed by atoms with E-state index in [9.17, 15) is 18.0 Å². The van der Waals surface area contributed by atoms with Crippen LogP contribution in [0.3, 0.4) is 0 Å². The Hall–Kier alpha value is -1.44. The second-order valence-corrected chi connectivity index (χ2v) is 4.92. The Morgan fingerprint density at radius 2 is 2.09 bits per heavy atom.